The molecule has 1 aromatic rings. The van der Waals surface area contributed by atoms with Gasteiger partial charge in [0.2, 0.25) is 0 Å². The highest BCUT2D eigenvalue weighted by Gasteiger charge is 2.55. The van der Waals surface area contributed by atoms with Gasteiger partial charge in [-0.25, -0.2) is 4.39 Å². The Hall–Kier alpha value is -0.890. The third-order valence-electron chi connectivity index (χ3n) is 4.72. The Labute approximate surface area is 102 Å². The average molecular weight is 233 g/mol. The van der Waals surface area contributed by atoms with Gasteiger partial charge in [-0.2, -0.15) is 0 Å². The number of benzene rings is 1. The van der Waals surface area contributed by atoms with Crippen LogP contribution in [0.1, 0.15) is 36.4 Å². The number of rotatable bonds is 3. The predicted molar refractivity (Wildman–Crippen MR) is 67.3 cm³/mol. The molecule has 3 atom stereocenters. The van der Waals surface area contributed by atoms with Crippen LogP contribution in [0.2, 0.25) is 0 Å². The summed E-state index contributed by atoms with van der Waals surface area (Å²) in [5.41, 5.74) is 1.86. The van der Waals surface area contributed by atoms with E-state index >= 15 is 0 Å². The van der Waals surface area contributed by atoms with Crippen LogP contribution in [-0.2, 0) is 0 Å². The van der Waals surface area contributed by atoms with Crippen molar-refractivity contribution in [2.75, 3.05) is 7.05 Å². The molecular weight excluding hydrogens is 213 g/mol. The lowest BCUT2D eigenvalue weighted by molar-refractivity contribution is 0.442. The second-order valence-corrected chi connectivity index (χ2v) is 5.61. The Balaban J connectivity index is 1.83. The van der Waals surface area contributed by atoms with E-state index in [1.807, 2.05) is 20.0 Å². The van der Waals surface area contributed by atoms with Crippen LogP contribution < -0.4 is 5.32 Å². The first-order valence-corrected chi connectivity index (χ1v) is 6.65. The molecule has 1 aromatic carbocycles. The fraction of sp³-hybridized carbons (Fsp3) is 0.600. The minimum absolute atomic E-state index is 0.0754. The van der Waals surface area contributed by atoms with Crippen LogP contribution in [-0.4, -0.2) is 7.05 Å². The van der Waals surface area contributed by atoms with Crippen LogP contribution in [0, 0.1) is 30.5 Å². The van der Waals surface area contributed by atoms with Crippen molar-refractivity contribution >= 4 is 0 Å². The van der Waals surface area contributed by atoms with E-state index in [1.165, 1.54) is 19.3 Å². The zero-order valence-corrected chi connectivity index (χ0v) is 10.5. The maximum atomic E-state index is 13.6. The van der Waals surface area contributed by atoms with Crippen molar-refractivity contribution in [1.29, 1.82) is 0 Å². The van der Waals surface area contributed by atoms with E-state index in [9.17, 15) is 4.39 Å². The average Bonchev–Trinajstić information content (AvgIpc) is 2.79. The molecule has 0 aromatic heterocycles. The molecule has 17 heavy (non-hydrogen) atoms. The maximum absolute atomic E-state index is 13.6. The largest absolute Gasteiger partial charge is 0.313 e. The normalized spacial score (nSPS) is 32.3. The van der Waals surface area contributed by atoms with Gasteiger partial charge < -0.3 is 5.32 Å². The van der Waals surface area contributed by atoms with Crippen LogP contribution in [0.4, 0.5) is 4.39 Å². The van der Waals surface area contributed by atoms with Crippen LogP contribution >= 0.6 is 0 Å². The van der Waals surface area contributed by atoms with E-state index in [0.717, 1.165) is 28.9 Å². The van der Waals surface area contributed by atoms with Crippen molar-refractivity contribution in [3.05, 3.63) is 35.1 Å². The van der Waals surface area contributed by atoms with E-state index in [4.69, 9.17) is 0 Å². The fourth-order valence-electron chi connectivity index (χ4n) is 3.76. The van der Waals surface area contributed by atoms with Crippen molar-refractivity contribution in [3.63, 3.8) is 0 Å². The van der Waals surface area contributed by atoms with E-state index in [0.29, 0.717) is 6.04 Å². The van der Waals surface area contributed by atoms with Gasteiger partial charge in [-0.3, -0.25) is 0 Å². The lowest BCUT2D eigenvalue weighted by Crippen LogP contribution is -2.20. The highest BCUT2D eigenvalue weighted by molar-refractivity contribution is 5.28. The van der Waals surface area contributed by atoms with Gasteiger partial charge in [0.1, 0.15) is 5.82 Å². The van der Waals surface area contributed by atoms with Crippen molar-refractivity contribution in [3.8, 4) is 0 Å². The van der Waals surface area contributed by atoms with Crippen LogP contribution in [0.3, 0.4) is 0 Å². The smallest absolute Gasteiger partial charge is 0.126 e. The summed E-state index contributed by atoms with van der Waals surface area (Å²) >= 11 is 0. The molecule has 2 saturated carbocycles. The van der Waals surface area contributed by atoms with Crippen molar-refractivity contribution in [2.24, 2.45) is 17.8 Å². The predicted octanol–water partition coefficient (Wildman–Crippen LogP) is 3.44. The Kier molecular flexibility index (Phi) is 2.70. The van der Waals surface area contributed by atoms with Gasteiger partial charge in [-0.15, -0.1) is 0 Å². The molecule has 92 valence electrons. The van der Waals surface area contributed by atoms with E-state index in [-0.39, 0.29) is 5.82 Å². The molecule has 1 N–H and O–H groups in total. The van der Waals surface area contributed by atoms with Gasteiger partial charge in [0.15, 0.2) is 0 Å². The van der Waals surface area contributed by atoms with Gasteiger partial charge in [-0.1, -0.05) is 18.6 Å². The standard InChI is InChI=1S/C15H20FN/c1-9-6-7-10(8-13(9)16)15(17-2)14-11-4-3-5-12(11)14/h6-8,11-12,14-15,17H,3-5H2,1-2H3. The molecule has 0 heterocycles. The molecule has 3 unspecified atom stereocenters. The summed E-state index contributed by atoms with van der Waals surface area (Å²) in [6, 6.07) is 6.03. The highest BCUT2D eigenvalue weighted by atomic mass is 19.1. The molecule has 2 aliphatic carbocycles. The van der Waals surface area contributed by atoms with E-state index in [2.05, 4.69) is 11.4 Å². The monoisotopic (exact) mass is 233 g/mol. The van der Waals surface area contributed by atoms with E-state index in [1.54, 1.807) is 6.07 Å². The second-order valence-electron chi connectivity index (χ2n) is 5.61. The minimum atomic E-state index is -0.0754. The van der Waals surface area contributed by atoms with Gasteiger partial charge >= 0.3 is 0 Å². The highest BCUT2D eigenvalue weighted by Crippen LogP contribution is 2.62. The summed E-state index contributed by atoms with van der Waals surface area (Å²) in [5.74, 6) is 2.47. The quantitative estimate of drug-likeness (QED) is 0.843. The first kappa shape index (κ1) is 11.2. The number of halogens is 1. The van der Waals surface area contributed by atoms with Crippen molar-refractivity contribution in [1.82, 2.24) is 5.32 Å². The van der Waals surface area contributed by atoms with Gasteiger partial charge in [0.25, 0.3) is 0 Å². The molecule has 0 bridgehead atoms. The van der Waals surface area contributed by atoms with Crippen LogP contribution in [0.15, 0.2) is 18.2 Å². The summed E-state index contributed by atoms with van der Waals surface area (Å²) < 4.78 is 13.6. The Morgan fingerprint density at radius 1 is 1.29 bits per heavy atom. The maximum Gasteiger partial charge on any atom is 0.126 e. The third kappa shape index (κ3) is 1.79. The number of fused-ring (bicyclic) bond motifs is 1. The molecule has 0 radical (unpaired) electrons. The molecule has 2 heteroatoms. The van der Waals surface area contributed by atoms with Crippen molar-refractivity contribution in [2.45, 2.75) is 32.2 Å². The zero-order valence-electron chi connectivity index (χ0n) is 10.5. The lowest BCUT2D eigenvalue weighted by Gasteiger charge is -2.19. The molecule has 2 aliphatic rings. The summed E-state index contributed by atoms with van der Waals surface area (Å²) in [4.78, 5) is 0. The number of hydrogen-bond acceptors (Lipinski definition) is 1. The lowest BCUT2D eigenvalue weighted by atomic mass is 9.96. The van der Waals surface area contributed by atoms with Crippen LogP contribution in [0.5, 0.6) is 0 Å². The summed E-state index contributed by atoms with van der Waals surface area (Å²) in [5, 5.41) is 3.39. The molecule has 0 spiro atoms. The first-order chi connectivity index (χ1) is 8.22. The topological polar surface area (TPSA) is 12.0 Å². The van der Waals surface area contributed by atoms with Gasteiger partial charge in [0, 0.05) is 6.04 Å². The molecular formula is C15H20FN. The fourth-order valence-corrected chi connectivity index (χ4v) is 3.76. The Morgan fingerprint density at radius 3 is 2.59 bits per heavy atom. The minimum Gasteiger partial charge on any atom is -0.313 e. The second kappa shape index (κ2) is 4.09. The molecule has 3 rings (SSSR count). The van der Waals surface area contributed by atoms with E-state index < -0.39 is 0 Å². The summed E-state index contributed by atoms with van der Waals surface area (Å²) in [7, 11) is 2.00. The zero-order chi connectivity index (χ0) is 12.0. The third-order valence-corrected chi connectivity index (χ3v) is 4.72. The molecule has 0 aliphatic heterocycles. The molecule has 0 amide bonds. The SMILES string of the molecule is CNC(c1ccc(C)c(F)c1)C1C2CCCC21. The Morgan fingerprint density at radius 2 is 2.00 bits per heavy atom. The summed E-state index contributed by atoms with van der Waals surface area (Å²) in [6.45, 7) is 1.82. The number of hydrogen-bond donors (Lipinski definition) is 1. The number of nitrogens with one attached hydrogen (secondary N) is 1. The summed E-state index contributed by atoms with van der Waals surface area (Å²) in [6.07, 6.45) is 4.15. The first-order valence-electron chi connectivity index (χ1n) is 6.65. The molecule has 1 nitrogen and oxygen atoms in total. The molecule has 2 fully saturated rings. The van der Waals surface area contributed by atoms with Gasteiger partial charge in [0.05, 0.1) is 0 Å². The van der Waals surface area contributed by atoms with Crippen LogP contribution in [0.25, 0.3) is 0 Å². The molecule has 0 saturated heterocycles. The van der Waals surface area contributed by atoms with Crippen molar-refractivity contribution < 1.29 is 4.39 Å². The number of aryl methyl sites for hydroxylation is 1. The Bertz CT molecular complexity index is 419. The van der Waals surface area contributed by atoms with Gasteiger partial charge in [-0.05, 0) is 61.8 Å².